The number of aliphatic hydroxyl groups is 1. The molecule has 11 heteroatoms. The van der Waals surface area contributed by atoms with Gasteiger partial charge in [0.25, 0.3) is 0 Å². The third-order valence-electron chi connectivity index (χ3n) is 5.76. The van der Waals surface area contributed by atoms with Crippen LogP contribution in [-0.4, -0.2) is 34.5 Å². The van der Waals surface area contributed by atoms with Gasteiger partial charge in [-0.15, -0.1) is 23.1 Å². The van der Waals surface area contributed by atoms with Crippen LogP contribution in [0.3, 0.4) is 0 Å². The Kier molecular flexibility index (Phi) is 6.39. The number of benzene rings is 2. The van der Waals surface area contributed by atoms with Gasteiger partial charge in [-0.2, -0.15) is 5.10 Å². The molecule has 180 valence electrons. The van der Waals surface area contributed by atoms with E-state index in [2.05, 4.69) is 15.1 Å². The lowest BCUT2D eigenvalue weighted by atomic mass is 9.90. The average Bonchev–Trinajstić information content (AvgIpc) is 3.55. The van der Waals surface area contributed by atoms with Crippen molar-refractivity contribution in [3.8, 4) is 11.3 Å². The molecule has 6 nitrogen and oxygen atoms in total. The summed E-state index contributed by atoms with van der Waals surface area (Å²) in [5, 5.41) is 15.2. The van der Waals surface area contributed by atoms with E-state index < -0.39 is 22.5 Å². The summed E-state index contributed by atoms with van der Waals surface area (Å²) < 4.78 is 44.8. The fourth-order valence-electron chi connectivity index (χ4n) is 3.85. The van der Waals surface area contributed by atoms with E-state index in [-0.39, 0.29) is 17.9 Å². The van der Waals surface area contributed by atoms with Gasteiger partial charge in [0.05, 0.1) is 12.2 Å². The fraction of sp³-hybridized carbons (Fsp3) is 0.208. The van der Waals surface area contributed by atoms with Crippen LogP contribution in [0.15, 0.2) is 67.5 Å². The molecule has 1 N–H and O–H groups in total. The van der Waals surface area contributed by atoms with Gasteiger partial charge in [0.1, 0.15) is 35.7 Å². The van der Waals surface area contributed by atoms with E-state index in [4.69, 9.17) is 0 Å². The number of hydrogen-bond acceptors (Lipinski definition) is 6. The van der Waals surface area contributed by atoms with Gasteiger partial charge in [-0.25, -0.2) is 27.8 Å². The first-order valence-corrected chi connectivity index (χ1v) is 12.5. The Bertz CT molecular complexity index is 1420. The van der Waals surface area contributed by atoms with E-state index >= 15 is 0 Å². The molecule has 0 amide bonds. The second kappa shape index (κ2) is 9.48. The quantitative estimate of drug-likeness (QED) is 0.305. The lowest BCUT2D eigenvalue weighted by Crippen LogP contribution is -2.41. The predicted molar refractivity (Wildman–Crippen MR) is 129 cm³/mol. The monoisotopic (exact) mass is 515 g/mol. The second-order valence-electron chi connectivity index (χ2n) is 8.12. The van der Waals surface area contributed by atoms with Gasteiger partial charge >= 0.3 is 0 Å². The highest BCUT2D eigenvalue weighted by atomic mass is 32.2. The van der Waals surface area contributed by atoms with Gasteiger partial charge in [0.2, 0.25) is 0 Å². The number of rotatable bonds is 8. The topological polar surface area (TPSA) is 68.2 Å². The van der Waals surface area contributed by atoms with Crippen LogP contribution in [0, 0.1) is 17.5 Å². The zero-order valence-electron chi connectivity index (χ0n) is 18.5. The van der Waals surface area contributed by atoms with Gasteiger partial charge < -0.3 is 5.11 Å². The minimum atomic E-state index is -1.66. The van der Waals surface area contributed by atoms with Crippen molar-refractivity contribution < 1.29 is 18.3 Å². The molecular weight excluding hydrogens is 495 g/mol. The van der Waals surface area contributed by atoms with Crippen molar-refractivity contribution in [1.82, 2.24) is 24.1 Å². The highest BCUT2D eigenvalue weighted by Gasteiger charge is 2.39. The maximum absolute atomic E-state index is 14.7. The van der Waals surface area contributed by atoms with Crippen LogP contribution < -0.4 is 0 Å². The molecule has 0 fully saturated rings. The standard InChI is InChI=1S/C24H20F3N5OS2/c1-15(24(33,12-32-14-28-13-29-32)20-7-6-18(26)8-21(20)27)34-11-19-9-31-10-22(30-23(31)35-19)16-2-4-17(25)5-3-16/h2-10,13-15,33H,11-12H2,1H3/t15-,24-/m1/s1. The predicted octanol–water partition coefficient (Wildman–Crippen LogP) is 5.28. The van der Waals surface area contributed by atoms with Crippen LogP contribution >= 0.6 is 23.1 Å². The van der Waals surface area contributed by atoms with E-state index in [9.17, 15) is 18.3 Å². The molecule has 5 rings (SSSR count). The van der Waals surface area contributed by atoms with Crippen molar-refractivity contribution in [1.29, 1.82) is 0 Å². The Balaban J connectivity index is 1.35. The Morgan fingerprint density at radius 3 is 2.54 bits per heavy atom. The van der Waals surface area contributed by atoms with Gasteiger partial charge in [-0.3, -0.25) is 4.40 Å². The smallest absolute Gasteiger partial charge is 0.194 e. The zero-order valence-corrected chi connectivity index (χ0v) is 20.1. The second-order valence-corrected chi connectivity index (χ2v) is 10.5. The normalized spacial score (nSPS) is 14.3. The number of fused-ring (bicyclic) bond motifs is 1. The number of nitrogens with zero attached hydrogens (tertiary/aromatic N) is 5. The lowest BCUT2D eigenvalue weighted by molar-refractivity contribution is 0.0133. The average molecular weight is 516 g/mol. The molecule has 0 spiro atoms. The van der Waals surface area contributed by atoms with Crippen LogP contribution in [0.1, 0.15) is 17.4 Å². The number of halogens is 3. The Morgan fingerprint density at radius 2 is 1.86 bits per heavy atom. The van der Waals surface area contributed by atoms with Crippen LogP contribution in [0.5, 0.6) is 0 Å². The number of hydrogen-bond donors (Lipinski definition) is 1. The molecule has 0 unspecified atom stereocenters. The summed E-state index contributed by atoms with van der Waals surface area (Å²) in [6.45, 7) is 1.76. The van der Waals surface area contributed by atoms with Crippen LogP contribution in [0.4, 0.5) is 13.2 Å². The van der Waals surface area contributed by atoms with Gasteiger partial charge in [0, 0.05) is 45.5 Å². The number of thiazole rings is 1. The maximum Gasteiger partial charge on any atom is 0.194 e. The number of aromatic nitrogens is 5. The highest BCUT2D eigenvalue weighted by molar-refractivity contribution is 7.99. The van der Waals surface area contributed by atoms with Gasteiger partial charge in [0.15, 0.2) is 4.96 Å². The molecule has 0 aliphatic rings. The Labute approximate surface area is 207 Å². The van der Waals surface area contributed by atoms with Crippen LogP contribution in [-0.2, 0) is 17.9 Å². The molecule has 2 atom stereocenters. The minimum absolute atomic E-state index is 0.000628. The molecule has 35 heavy (non-hydrogen) atoms. The summed E-state index contributed by atoms with van der Waals surface area (Å²) in [6, 6.07) is 9.35. The minimum Gasteiger partial charge on any atom is -0.382 e. The molecule has 0 aliphatic carbocycles. The van der Waals surface area contributed by atoms with Crippen molar-refractivity contribution in [3.05, 3.63) is 95.4 Å². The maximum atomic E-state index is 14.7. The molecule has 0 radical (unpaired) electrons. The fourth-order valence-corrected chi connectivity index (χ4v) is 6.01. The summed E-state index contributed by atoms with van der Waals surface area (Å²) in [6.07, 6.45) is 6.61. The molecule has 0 aliphatic heterocycles. The van der Waals surface area contributed by atoms with E-state index in [1.165, 1.54) is 58.6 Å². The van der Waals surface area contributed by atoms with Crippen LogP contribution in [0.2, 0.25) is 0 Å². The van der Waals surface area contributed by atoms with Crippen molar-refractivity contribution >= 4 is 28.1 Å². The van der Waals surface area contributed by atoms with Crippen molar-refractivity contribution in [2.45, 2.75) is 30.1 Å². The highest BCUT2D eigenvalue weighted by Crippen LogP contribution is 2.38. The number of imidazole rings is 1. The zero-order chi connectivity index (χ0) is 24.6. The molecule has 3 aromatic heterocycles. The van der Waals surface area contributed by atoms with E-state index in [0.717, 1.165) is 33.2 Å². The van der Waals surface area contributed by atoms with E-state index in [1.807, 2.05) is 16.8 Å². The summed E-state index contributed by atoms with van der Waals surface area (Å²) in [4.78, 5) is 10.3. The first-order chi connectivity index (χ1) is 16.8. The van der Waals surface area contributed by atoms with Gasteiger partial charge in [-0.1, -0.05) is 13.0 Å². The number of thioether (sulfide) groups is 1. The summed E-state index contributed by atoms with van der Waals surface area (Å²) in [5.41, 5.74) is -0.0907. The van der Waals surface area contributed by atoms with E-state index in [1.54, 1.807) is 19.1 Å². The molecule has 2 aromatic carbocycles. The first kappa shape index (κ1) is 23.6. The summed E-state index contributed by atoms with van der Waals surface area (Å²) in [5.74, 6) is -1.28. The van der Waals surface area contributed by atoms with Crippen molar-refractivity contribution in [2.24, 2.45) is 0 Å². The lowest BCUT2D eigenvalue weighted by Gasteiger charge is -2.34. The molecule has 0 bridgehead atoms. The van der Waals surface area contributed by atoms with Gasteiger partial charge in [-0.05, 0) is 30.3 Å². The largest absolute Gasteiger partial charge is 0.382 e. The SMILES string of the molecule is C[C@@H](SCc1cn2cc(-c3ccc(F)cc3)nc2s1)[C@](O)(Cn1cncn1)c1ccc(F)cc1F. The molecule has 0 saturated carbocycles. The van der Waals surface area contributed by atoms with E-state index in [0.29, 0.717) is 5.75 Å². The van der Waals surface area contributed by atoms with Crippen molar-refractivity contribution in [3.63, 3.8) is 0 Å². The first-order valence-electron chi connectivity index (χ1n) is 10.7. The van der Waals surface area contributed by atoms with Crippen molar-refractivity contribution in [2.75, 3.05) is 0 Å². The Hall–Kier alpha value is -3.15. The van der Waals surface area contributed by atoms with Crippen LogP contribution in [0.25, 0.3) is 16.2 Å². The third-order valence-corrected chi connectivity index (χ3v) is 8.31. The summed E-state index contributed by atoms with van der Waals surface area (Å²) in [7, 11) is 0. The summed E-state index contributed by atoms with van der Waals surface area (Å²) >= 11 is 2.94. The molecule has 5 aromatic rings. The molecular formula is C24H20F3N5OS2. The molecule has 3 heterocycles. The Morgan fingerprint density at radius 1 is 1.09 bits per heavy atom. The third kappa shape index (κ3) is 4.84. The molecule has 0 saturated heterocycles.